The molecule has 18 heavy (non-hydrogen) atoms. The average Bonchev–Trinajstić information content (AvgIpc) is 2.74. The fourth-order valence-corrected chi connectivity index (χ4v) is 2.30. The Bertz CT molecular complexity index is 721. The lowest BCUT2D eigenvalue weighted by Gasteiger charge is -2.02. The van der Waals surface area contributed by atoms with Crippen molar-refractivity contribution in [3.05, 3.63) is 46.8 Å². The smallest absolute Gasteiger partial charge is 0.175 e. The van der Waals surface area contributed by atoms with Gasteiger partial charge in [-0.25, -0.2) is 4.39 Å². The zero-order valence-corrected chi connectivity index (χ0v) is 10.7. The number of pyridine rings is 1. The monoisotopic (exact) mass is 306 g/mol. The Morgan fingerprint density at radius 1 is 1.17 bits per heavy atom. The van der Waals surface area contributed by atoms with Gasteiger partial charge in [-0.2, -0.15) is 0 Å². The third kappa shape index (κ3) is 1.74. The molecule has 0 saturated carbocycles. The van der Waals surface area contributed by atoms with E-state index in [1.165, 1.54) is 12.1 Å². The Kier molecular flexibility index (Phi) is 2.52. The normalized spacial score (nSPS) is 11.0. The van der Waals surface area contributed by atoms with Gasteiger partial charge in [0.2, 0.25) is 0 Å². The van der Waals surface area contributed by atoms with Crippen molar-refractivity contribution in [2.45, 2.75) is 0 Å². The van der Waals surface area contributed by atoms with E-state index < -0.39 is 0 Å². The molecule has 1 aromatic carbocycles. The lowest BCUT2D eigenvalue weighted by molar-refractivity contribution is 0.628. The molecule has 0 saturated heterocycles. The second kappa shape index (κ2) is 4.06. The van der Waals surface area contributed by atoms with E-state index in [-0.39, 0.29) is 5.82 Å². The van der Waals surface area contributed by atoms with Crippen LogP contribution in [0.4, 0.5) is 10.1 Å². The molecule has 0 unspecified atom stereocenters. The van der Waals surface area contributed by atoms with Gasteiger partial charge in [-0.3, -0.25) is 4.40 Å². The summed E-state index contributed by atoms with van der Waals surface area (Å²) in [6.07, 6.45) is 1.73. The molecule has 6 heteroatoms. The molecule has 0 fully saturated rings. The summed E-state index contributed by atoms with van der Waals surface area (Å²) in [6.45, 7) is 0. The number of nitrogens with two attached hydrogens (primary N) is 1. The number of benzene rings is 1. The minimum absolute atomic E-state index is 0.284. The Hall–Kier alpha value is -1.95. The maximum absolute atomic E-state index is 12.9. The van der Waals surface area contributed by atoms with Crippen LogP contribution in [0.3, 0.4) is 0 Å². The molecular weight excluding hydrogens is 299 g/mol. The Morgan fingerprint density at radius 2 is 1.89 bits per heavy atom. The third-order valence-electron chi connectivity index (χ3n) is 2.58. The minimum Gasteiger partial charge on any atom is -0.397 e. The van der Waals surface area contributed by atoms with Crippen molar-refractivity contribution in [2.75, 3.05) is 5.73 Å². The number of aromatic nitrogens is 3. The van der Waals surface area contributed by atoms with Gasteiger partial charge < -0.3 is 5.73 Å². The first kappa shape index (κ1) is 11.2. The first-order valence-corrected chi connectivity index (χ1v) is 6.00. The van der Waals surface area contributed by atoms with Crippen LogP contribution in [0, 0.1) is 5.82 Å². The number of anilines is 1. The van der Waals surface area contributed by atoms with Gasteiger partial charge >= 0.3 is 0 Å². The number of fused-ring (bicyclic) bond motifs is 1. The van der Waals surface area contributed by atoms with E-state index in [1.54, 1.807) is 28.8 Å². The molecule has 3 aromatic rings. The summed E-state index contributed by atoms with van der Waals surface area (Å²) < 4.78 is 15.4. The molecule has 4 nitrogen and oxygen atoms in total. The Balaban J connectivity index is 2.27. The largest absolute Gasteiger partial charge is 0.397 e. The number of nitrogens with zero attached hydrogens (tertiary/aromatic N) is 3. The minimum atomic E-state index is -0.284. The molecule has 3 rings (SSSR count). The van der Waals surface area contributed by atoms with Crippen molar-refractivity contribution in [3.63, 3.8) is 0 Å². The van der Waals surface area contributed by atoms with Crippen molar-refractivity contribution >= 4 is 27.3 Å². The predicted molar refractivity (Wildman–Crippen MR) is 70.5 cm³/mol. The van der Waals surface area contributed by atoms with Crippen LogP contribution in [0.5, 0.6) is 0 Å². The summed E-state index contributed by atoms with van der Waals surface area (Å²) in [5, 5.41) is 8.18. The van der Waals surface area contributed by atoms with Gasteiger partial charge in [0, 0.05) is 17.4 Å². The van der Waals surface area contributed by atoms with E-state index in [9.17, 15) is 4.39 Å². The predicted octanol–water partition coefficient (Wildman–Crippen LogP) is 2.88. The van der Waals surface area contributed by atoms with Gasteiger partial charge in [0.1, 0.15) is 5.82 Å². The van der Waals surface area contributed by atoms with E-state index in [2.05, 4.69) is 26.1 Å². The standard InChI is InChI=1S/C12H8BrFN4/c13-10-5-9(15)6-18-11(16-17-12(10)18)7-1-3-8(14)4-2-7/h1-6H,15H2. The third-order valence-corrected chi connectivity index (χ3v) is 3.17. The molecule has 0 aliphatic carbocycles. The molecule has 0 radical (unpaired) electrons. The van der Waals surface area contributed by atoms with E-state index in [4.69, 9.17) is 5.73 Å². The van der Waals surface area contributed by atoms with E-state index in [0.717, 1.165) is 10.0 Å². The second-order valence-electron chi connectivity index (χ2n) is 3.85. The van der Waals surface area contributed by atoms with Crippen molar-refractivity contribution in [1.82, 2.24) is 14.6 Å². The summed E-state index contributed by atoms with van der Waals surface area (Å²) in [4.78, 5) is 0. The van der Waals surface area contributed by atoms with E-state index >= 15 is 0 Å². The Morgan fingerprint density at radius 3 is 2.61 bits per heavy atom. The summed E-state index contributed by atoms with van der Waals surface area (Å²) in [6, 6.07) is 7.85. The lowest BCUT2D eigenvalue weighted by Crippen LogP contribution is -1.94. The summed E-state index contributed by atoms with van der Waals surface area (Å²) in [5.41, 5.74) is 7.83. The molecule has 90 valence electrons. The van der Waals surface area contributed by atoms with Crippen LogP contribution in [0.1, 0.15) is 0 Å². The number of hydrogen-bond acceptors (Lipinski definition) is 3. The zero-order valence-electron chi connectivity index (χ0n) is 9.14. The number of halogens is 2. The van der Waals surface area contributed by atoms with Crippen LogP contribution in [0.25, 0.3) is 17.0 Å². The highest BCUT2D eigenvalue weighted by atomic mass is 79.9. The van der Waals surface area contributed by atoms with Gasteiger partial charge in [-0.15, -0.1) is 10.2 Å². The fraction of sp³-hybridized carbons (Fsp3) is 0. The maximum atomic E-state index is 12.9. The van der Waals surface area contributed by atoms with Crippen molar-refractivity contribution < 1.29 is 4.39 Å². The van der Waals surface area contributed by atoms with Crippen LogP contribution in [0.2, 0.25) is 0 Å². The first-order valence-electron chi connectivity index (χ1n) is 5.21. The highest BCUT2D eigenvalue weighted by Crippen LogP contribution is 2.25. The van der Waals surface area contributed by atoms with E-state index in [0.29, 0.717) is 17.2 Å². The van der Waals surface area contributed by atoms with Gasteiger partial charge in [-0.05, 0) is 46.3 Å². The van der Waals surface area contributed by atoms with E-state index in [1.807, 2.05) is 0 Å². The van der Waals surface area contributed by atoms with Crippen molar-refractivity contribution in [2.24, 2.45) is 0 Å². The number of hydrogen-bond donors (Lipinski definition) is 1. The molecular formula is C12H8BrFN4. The van der Waals surface area contributed by atoms with Crippen molar-refractivity contribution in [1.29, 1.82) is 0 Å². The molecule has 0 atom stereocenters. The molecule has 0 bridgehead atoms. The first-order chi connectivity index (χ1) is 8.65. The molecule has 2 heterocycles. The second-order valence-corrected chi connectivity index (χ2v) is 4.70. The highest BCUT2D eigenvalue weighted by Gasteiger charge is 2.11. The topological polar surface area (TPSA) is 56.2 Å². The summed E-state index contributed by atoms with van der Waals surface area (Å²) >= 11 is 3.38. The average molecular weight is 307 g/mol. The number of rotatable bonds is 1. The lowest BCUT2D eigenvalue weighted by atomic mass is 10.2. The Labute approximate surface area is 110 Å². The van der Waals surface area contributed by atoms with Crippen LogP contribution in [-0.4, -0.2) is 14.6 Å². The maximum Gasteiger partial charge on any atom is 0.175 e. The van der Waals surface area contributed by atoms with Crippen LogP contribution < -0.4 is 5.73 Å². The molecule has 2 aromatic heterocycles. The van der Waals surface area contributed by atoms with Gasteiger partial charge in [0.25, 0.3) is 0 Å². The molecule has 0 aliphatic rings. The van der Waals surface area contributed by atoms with Gasteiger partial charge in [0.15, 0.2) is 11.5 Å². The molecule has 0 aliphatic heterocycles. The SMILES string of the molecule is Nc1cc(Br)c2nnc(-c3ccc(F)cc3)n2c1. The van der Waals surface area contributed by atoms with Gasteiger partial charge in [-0.1, -0.05) is 0 Å². The number of nitrogen functional groups attached to an aromatic ring is 1. The molecule has 0 amide bonds. The van der Waals surface area contributed by atoms with Crippen LogP contribution in [-0.2, 0) is 0 Å². The molecule has 0 spiro atoms. The van der Waals surface area contributed by atoms with Crippen molar-refractivity contribution in [3.8, 4) is 11.4 Å². The molecule has 2 N–H and O–H groups in total. The summed E-state index contributed by atoms with van der Waals surface area (Å²) in [5.74, 6) is 0.339. The summed E-state index contributed by atoms with van der Waals surface area (Å²) in [7, 11) is 0. The van der Waals surface area contributed by atoms with Crippen LogP contribution >= 0.6 is 15.9 Å². The van der Waals surface area contributed by atoms with Crippen LogP contribution in [0.15, 0.2) is 41.0 Å². The zero-order chi connectivity index (χ0) is 12.7. The van der Waals surface area contributed by atoms with Gasteiger partial charge in [0.05, 0.1) is 4.47 Å². The quantitative estimate of drug-likeness (QED) is 0.752. The fourth-order valence-electron chi connectivity index (χ4n) is 1.77. The highest BCUT2D eigenvalue weighted by molar-refractivity contribution is 9.10.